The van der Waals surface area contributed by atoms with Gasteiger partial charge >= 0.3 is 13.0 Å². The normalized spacial score (nSPS) is 21.2. The van der Waals surface area contributed by atoms with Crippen LogP contribution in [-0.4, -0.2) is 44.3 Å². The van der Waals surface area contributed by atoms with Crippen LogP contribution in [0.4, 0.5) is 27.9 Å². The highest BCUT2D eigenvalue weighted by Crippen LogP contribution is 2.38. The van der Waals surface area contributed by atoms with Crippen molar-refractivity contribution in [2.75, 3.05) is 5.32 Å². The monoisotopic (exact) mass is 444 g/mol. The molecule has 2 heterocycles. The molecular formula is C19H17F5N4O3. The van der Waals surface area contributed by atoms with Crippen LogP contribution in [0.25, 0.3) is 16.8 Å². The highest BCUT2D eigenvalue weighted by Gasteiger charge is 2.39. The molecule has 0 saturated heterocycles. The van der Waals surface area contributed by atoms with Gasteiger partial charge in [0.15, 0.2) is 0 Å². The minimum absolute atomic E-state index is 0.0164. The maximum Gasteiger partial charge on any atom is 0.573 e. The molecule has 1 saturated carbocycles. The third-order valence-corrected chi connectivity index (χ3v) is 4.83. The topological polar surface area (TPSA) is 80.9 Å². The maximum absolute atomic E-state index is 12.9. The number of halogens is 5. The van der Waals surface area contributed by atoms with E-state index in [0.717, 1.165) is 18.2 Å². The molecule has 0 unspecified atom stereocenters. The Hall–Kier alpha value is -3.15. The van der Waals surface area contributed by atoms with Crippen LogP contribution in [0.15, 0.2) is 36.5 Å². The van der Waals surface area contributed by atoms with E-state index in [4.69, 9.17) is 0 Å². The molecule has 0 spiro atoms. The SMILES string of the molecule is CC1(O)CC(Nc2nnc(-c3ccc(OC(F)(F)F)cc3OC(F)F)c3cccn23)C1. The van der Waals surface area contributed by atoms with Crippen molar-refractivity contribution in [3.05, 3.63) is 36.5 Å². The Morgan fingerprint density at radius 3 is 2.61 bits per heavy atom. The summed E-state index contributed by atoms with van der Waals surface area (Å²) in [6.45, 7) is -1.55. The standard InChI is InChI=1S/C19H17F5N4O3/c1-18(29)8-10(9-18)25-17-27-26-15(13-3-2-6-28(13)17)12-5-4-11(31-19(22,23)24)7-14(12)30-16(20)21/h2-7,10,16,29H,8-9H2,1H3,(H,25,27). The summed E-state index contributed by atoms with van der Waals surface area (Å²) in [7, 11) is 0. The Balaban J connectivity index is 1.71. The number of nitrogens with one attached hydrogen (secondary N) is 1. The second kappa shape index (κ2) is 7.52. The van der Waals surface area contributed by atoms with Crippen molar-refractivity contribution in [1.82, 2.24) is 14.6 Å². The molecule has 2 aromatic heterocycles. The zero-order valence-corrected chi connectivity index (χ0v) is 16.0. The summed E-state index contributed by atoms with van der Waals surface area (Å²) in [5.74, 6) is -0.871. The average Bonchev–Trinajstić information content (AvgIpc) is 3.09. The van der Waals surface area contributed by atoms with Gasteiger partial charge in [0, 0.05) is 23.9 Å². The number of alkyl halides is 5. The summed E-state index contributed by atoms with van der Waals surface area (Å²) in [6, 6.07) is 6.16. The van der Waals surface area contributed by atoms with E-state index in [1.807, 2.05) is 0 Å². The fourth-order valence-corrected chi connectivity index (χ4v) is 3.62. The number of nitrogens with zero attached hydrogens (tertiary/aromatic N) is 3. The molecule has 7 nitrogen and oxygen atoms in total. The molecule has 2 N–H and O–H groups in total. The van der Waals surface area contributed by atoms with Crippen LogP contribution >= 0.6 is 0 Å². The first-order valence-corrected chi connectivity index (χ1v) is 9.18. The molecular weight excluding hydrogens is 427 g/mol. The van der Waals surface area contributed by atoms with E-state index < -0.39 is 30.1 Å². The lowest BCUT2D eigenvalue weighted by molar-refractivity contribution is -0.274. The van der Waals surface area contributed by atoms with Gasteiger partial charge in [0.1, 0.15) is 17.2 Å². The Morgan fingerprint density at radius 1 is 1.23 bits per heavy atom. The fraction of sp³-hybridized carbons (Fsp3) is 0.368. The lowest BCUT2D eigenvalue weighted by atomic mass is 9.77. The van der Waals surface area contributed by atoms with Gasteiger partial charge in [-0.05, 0) is 44.0 Å². The molecule has 1 aliphatic rings. The zero-order chi connectivity index (χ0) is 22.4. The summed E-state index contributed by atoms with van der Waals surface area (Å²) in [5.41, 5.74) is -0.135. The number of fused-ring (bicyclic) bond motifs is 1. The zero-order valence-electron chi connectivity index (χ0n) is 16.0. The van der Waals surface area contributed by atoms with Crippen LogP contribution in [0.3, 0.4) is 0 Å². The summed E-state index contributed by atoms with van der Waals surface area (Å²) in [4.78, 5) is 0. The average molecular weight is 444 g/mol. The van der Waals surface area contributed by atoms with Gasteiger partial charge in [-0.25, -0.2) is 0 Å². The smallest absolute Gasteiger partial charge is 0.434 e. The van der Waals surface area contributed by atoms with Crippen LogP contribution in [-0.2, 0) is 0 Å². The van der Waals surface area contributed by atoms with Gasteiger partial charge in [-0.1, -0.05) is 0 Å². The Labute approximate surface area is 172 Å². The van der Waals surface area contributed by atoms with E-state index in [1.54, 1.807) is 29.7 Å². The molecule has 0 amide bonds. The van der Waals surface area contributed by atoms with Crippen LogP contribution in [0.1, 0.15) is 19.8 Å². The molecule has 166 valence electrons. The summed E-state index contributed by atoms with van der Waals surface area (Å²) in [6.07, 6.45) is -2.28. The van der Waals surface area contributed by atoms with E-state index in [2.05, 4.69) is 25.0 Å². The van der Waals surface area contributed by atoms with Crippen molar-refractivity contribution in [1.29, 1.82) is 0 Å². The van der Waals surface area contributed by atoms with Crippen molar-refractivity contribution >= 4 is 11.5 Å². The Bertz CT molecular complexity index is 1090. The van der Waals surface area contributed by atoms with Gasteiger partial charge in [-0.3, -0.25) is 4.40 Å². The molecule has 0 aliphatic heterocycles. The molecule has 1 aliphatic carbocycles. The van der Waals surface area contributed by atoms with Gasteiger partial charge in [0.2, 0.25) is 5.95 Å². The van der Waals surface area contributed by atoms with E-state index in [1.165, 1.54) is 0 Å². The molecule has 1 fully saturated rings. The number of rotatable bonds is 6. The molecule has 0 atom stereocenters. The van der Waals surface area contributed by atoms with Gasteiger partial charge in [0.25, 0.3) is 0 Å². The third-order valence-electron chi connectivity index (χ3n) is 4.83. The molecule has 4 rings (SSSR count). The quantitative estimate of drug-likeness (QED) is 0.555. The van der Waals surface area contributed by atoms with Gasteiger partial charge in [-0.2, -0.15) is 8.78 Å². The van der Waals surface area contributed by atoms with Crippen LogP contribution < -0.4 is 14.8 Å². The Morgan fingerprint density at radius 2 is 1.97 bits per heavy atom. The lowest BCUT2D eigenvalue weighted by Crippen LogP contribution is -2.48. The van der Waals surface area contributed by atoms with Crippen molar-refractivity contribution < 1.29 is 36.5 Å². The number of hydrogen-bond donors (Lipinski definition) is 2. The lowest BCUT2D eigenvalue weighted by Gasteiger charge is -2.41. The van der Waals surface area contributed by atoms with E-state index in [0.29, 0.717) is 24.3 Å². The Kier molecular flexibility index (Phi) is 5.12. The van der Waals surface area contributed by atoms with Gasteiger partial charge < -0.3 is 19.9 Å². The first kappa shape index (κ1) is 21.1. The van der Waals surface area contributed by atoms with Crippen molar-refractivity contribution in [2.45, 2.75) is 44.4 Å². The fourth-order valence-electron chi connectivity index (χ4n) is 3.62. The number of anilines is 1. The molecule has 31 heavy (non-hydrogen) atoms. The number of hydrogen-bond acceptors (Lipinski definition) is 6. The minimum Gasteiger partial charge on any atom is -0.434 e. The number of benzene rings is 1. The molecule has 0 bridgehead atoms. The molecule has 3 aromatic rings. The number of ether oxygens (including phenoxy) is 2. The predicted molar refractivity (Wildman–Crippen MR) is 99.0 cm³/mol. The highest BCUT2D eigenvalue weighted by atomic mass is 19.4. The van der Waals surface area contributed by atoms with E-state index in [-0.39, 0.29) is 17.3 Å². The molecule has 1 aromatic carbocycles. The number of aliphatic hydroxyl groups is 1. The summed E-state index contributed by atoms with van der Waals surface area (Å²) < 4.78 is 73.1. The first-order chi connectivity index (χ1) is 14.5. The van der Waals surface area contributed by atoms with Crippen LogP contribution in [0.2, 0.25) is 0 Å². The van der Waals surface area contributed by atoms with E-state index in [9.17, 15) is 27.1 Å². The third kappa shape index (κ3) is 4.63. The van der Waals surface area contributed by atoms with Crippen molar-refractivity contribution in [3.8, 4) is 22.8 Å². The summed E-state index contributed by atoms with van der Waals surface area (Å²) in [5, 5.41) is 21.2. The molecule has 0 radical (unpaired) electrons. The van der Waals surface area contributed by atoms with Crippen LogP contribution in [0, 0.1) is 0 Å². The van der Waals surface area contributed by atoms with Gasteiger partial charge in [0.05, 0.1) is 11.1 Å². The van der Waals surface area contributed by atoms with Crippen molar-refractivity contribution in [3.63, 3.8) is 0 Å². The number of aromatic nitrogens is 3. The highest BCUT2D eigenvalue weighted by molar-refractivity contribution is 5.81. The second-order valence-electron chi connectivity index (χ2n) is 7.47. The van der Waals surface area contributed by atoms with Crippen molar-refractivity contribution in [2.24, 2.45) is 0 Å². The minimum atomic E-state index is -4.99. The summed E-state index contributed by atoms with van der Waals surface area (Å²) >= 11 is 0. The first-order valence-electron chi connectivity index (χ1n) is 9.18. The maximum atomic E-state index is 12.9. The van der Waals surface area contributed by atoms with Crippen LogP contribution in [0.5, 0.6) is 11.5 Å². The van der Waals surface area contributed by atoms with Gasteiger partial charge in [-0.15, -0.1) is 23.4 Å². The van der Waals surface area contributed by atoms with E-state index >= 15 is 0 Å². The predicted octanol–water partition coefficient (Wildman–Crippen LogP) is 4.22. The largest absolute Gasteiger partial charge is 0.573 e. The molecule has 12 heteroatoms. The second-order valence-corrected chi connectivity index (χ2v) is 7.47.